The molecule has 1 aromatic heterocycles. The number of rotatable bonds is 3. The Labute approximate surface area is 116 Å². The zero-order chi connectivity index (χ0) is 15.3. The SMILES string of the molecule is CC(=Cc1ccc(NC(=O)OC(C)(C)C)nc1)[N+](=O)[O-]. The Hall–Kier alpha value is -2.44. The summed E-state index contributed by atoms with van der Waals surface area (Å²) in [7, 11) is 0. The van der Waals surface area contributed by atoms with Gasteiger partial charge in [0, 0.05) is 19.2 Å². The Balaban J connectivity index is 2.70. The second kappa shape index (κ2) is 6.14. The predicted molar refractivity (Wildman–Crippen MR) is 74.7 cm³/mol. The lowest BCUT2D eigenvalue weighted by Crippen LogP contribution is -2.27. The lowest BCUT2D eigenvalue weighted by Gasteiger charge is -2.19. The molecule has 0 aliphatic carbocycles. The molecule has 0 radical (unpaired) electrons. The van der Waals surface area contributed by atoms with Crippen LogP contribution in [0.1, 0.15) is 33.3 Å². The largest absolute Gasteiger partial charge is 0.444 e. The lowest BCUT2D eigenvalue weighted by molar-refractivity contribution is -0.422. The highest BCUT2D eigenvalue weighted by atomic mass is 16.6. The molecule has 1 aromatic rings. The topological polar surface area (TPSA) is 94.4 Å². The first kappa shape index (κ1) is 15.6. The van der Waals surface area contributed by atoms with E-state index in [1.165, 1.54) is 19.2 Å². The summed E-state index contributed by atoms with van der Waals surface area (Å²) in [5, 5.41) is 13.0. The van der Waals surface area contributed by atoms with E-state index in [4.69, 9.17) is 4.74 Å². The number of nitrogens with one attached hydrogen (secondary N) is 1. The molecular formula is C13H17N3O4. The number of anilines is 1. The minimum absolute atomic E-state index is 0.0136. The van der Waals surface area contributed by atoms with Crippen molar-refractivity contribution < 1.29 is 14.5 Å². The molecule has 0 saturated carbocycles. The van der Waals surface area contributed by atoms with Crippen molar-refractivity contribution in [2.75, 3.05) is 5.32 Å². The van der Waals surface area contributed by atoms with E-state index in [0.717, 1.165) is 0 Å². The van der Waals surface area contributed by atoms with Gasteiger partial charge >= 0.3 is 6.09 Å². The van der Waals surface area contributed by atoms with E-state index in [2.05, 4.69) is 10.3 Å². The normalized spacial score (nSPS) is 11.9. The summed E-state index contributed by atoms with van der Waals surface area (Å²) < 4.78 is 5.08. The van der Waals surface area contributed by atoms with Crippen molar-refractivity contribution >= 4 is 18.0 Å². The monoisotopic (exact) mass is 279 g/mol. The molecule has 0 bridgehead atoms. The molecular weight excluding hydrogens is 262 g/mol. The van der Waals surface area contributed by atoms with Crippen molar-refractivity contribution in [3.8, 4) is 0 Å². The minimum Gasteiger partial charge on any atom is -0.444 e. The number of nitrogens with zero attached hydrogens (tertiary/aromatic N) is 2. The summed E-state index contributed by atoms with van der Waals surface area (Å²) in [5.41, 5.74) is 0.00357. The average Bonchev–Trinajstić information content (AvgIpc) is 2.28. The van der Waals surface area contributed by atoms with Crippen LogP contribution in [-0.4, -0.2) is 21.6 Å². The van der Waals surface area contributed by atoms with Gasteiger partial charge in [-0.2, -0.15) is 0 Å². The summed E-state index contributed by atoms with van der Waals surface area (Å²) in [6.07, 6.45) is 2.22. The number of carbonyl (C=O) groups is 1. The maximum atomic E-state index is 11.5. The number of carbonyl (C=O) groups excluding carboxylic acids is 1. The molecule has 1 rings (SSSR count). The Kier molecular flexibility index (Phi) is 4.79. The molecule has 0 saturated heterocycles. The summed E-state index contributed by atoms with van der Waals surface area (Å²) in [6.45, 7) is 6.67. The molecule has 0 aliphatic heterocycles. The fraction of sp³-hybridized carbons (Fsp3) is 0.385. The summed E-state index contributed by atoms with van der Waals surface area (Å²) in [4.78, 5) is 25.5. The third-order valence-electron chi connectivity index (χ3n) is 2.08. The molecule has 1 amide bonds. The third kappa shape index (κ3) is 5.47. The smallest absolute Gasteiger partial charge is 0.413 e. The third-order valence-corrected chi connectivity index (χ3v) is 2.08. The minimum atomic E-state index is -0.602. The first-order chi connectivity index (χ1) is 9.17. The highest BCUT2D eigenvalue weighted by Crippen LogP contribution is 2.12. The lowest BCUT2D eigenvalue weighted by atomic mass is 10.2. The number of ether oxygens (including phenoxy) is 1. The fourth-order valence-electron chi connectivity index (χ4n) is 1.27. The Morgan fingerprint density at radius 1 is 1.45 bits per heavy atom. The van der Waals surface area contributed by atoms with E-state index in [0.29, 0.717) is 11.4 Å². The molecule has 0 atom stereocenters. The Bertz CT molecular complexity index is 530. The van der Waals surface area contributed by atoms with Crippen LogP contribution < -0.4 is 5.32 Å². The second-order valence-electron chi connectivity index (χ2n) is 5.15. The van der Waals surface area contributed by atoms with Crippen molar-refractivity contribution in [2.24, 2.45) is 0 Å². The van der Waals surface area contributed by atoms with Gasteiger partial charge in [-0.1, -0.05) is 0 Å². The number of nitro groups is 1. The van der Waals surface area contributed by atoms with Crippen molar-refractivity contribution in [3.63, 3.8) is 0 Å². The van der Waals surface area contributed by atoms with Crippen LogP contribution >= 0.6 is 0 Å². The highest BCUT2D eigenvalue weighted by Gasteiger charge is 2.16. The van der Waals surface area contributed by atoms with Crippen molar-refractivity contribution in [2.45, 2.75) is 33.3 Å². The molecule has 108 valence electrons. The maximum Gasteiger partial charge on any atom is 0.413 e. The number of aromatic nitrogens is 1. The Morgan fingerprint density at radius 3 is 2.55 bits per heavy atom. The zero-order valence-electron chi connectivity index (χ0n) is 11.8. The number of hydrogen-bond acceptors (Lipinski definition) is 5. The van der Waals surface area contributed by atoms with Crippen molar-refractivity contribution in [1.29, 1.82) is 0 Å². The van der Waals surface area contributed by atoms with Gasteiger partial charge in [-0.3, -0.25) is 15.4 Å². The predicted octanol–water partition coefficient (Wildman–Crippen LogP) is 3.07. The van der Waals surface area contributed by atoms with E-state index in [9.17, 15) is 14.9 Å². The van der Waals surface area contributed by atoms with E-state index >= 15 is 0 Å². The van der Waals surface area contributed by atoms with Crippen LogP contribution in [0, 0.1) is 10.1 Å². The van der Waals surface area contributed by atoms with Crippen LogP contribution in [-0.2, 0) is 4.74 Å². The summed E-state index contributed by atoms with van der Waals surface area (Å²) in [5.74, 6) is 0.315. The van der Waals surface area contributed by atoms with Gasteiger partial charge in [0.05, 0.1) is 4.92 Å². The van der Waals surface area contributed by atoms with Crippen LogP contribution in [0.4, 0.5) is 10.6 Å². The quantitative estimate of drug-likeness (QED) is 0.677. The molecule has 7 nitrogen and oxygen atoms in total. The molecule has 1 heterocycles. The van der Waals surface area contributed by atoms with Crippen LogP contribution in [0.3, 0.4) is 0 Å². The van der Waals surface area contributed by atoms with E-state index in [1.807, 2.05) is 0 Å². The van der Waals surface area contributed by atoms with Crippen LogP contribution in [0.2, 0.25) is 0 Å². The van der Waals surface area contributed by atoms with Gasteiger partial charge in [0.2, 0.25) is 5.70 Å². The van der Waals surface area contributed by atoms with Crippen LogP contribution in [0.15, 0.2) is 24.0 Å². The first-order valence-corrected chi connectivity index (χ1v) is 5.96. The van der Waals surface area contributed by atoms with E-state index in [-0.39, 0.29) is 5.70 Å². The van der Waals surface area contributed by atoms with E-state index in [1.54, 1.807) is 32.9 Å². The number of allylic oxidation sites excluding steroid dienone is 1. The average molecular weight is 279 g/mol. The summed E-state index contributed by atoms with van der Waals surface area (Å²) in [6, 6.07) is 3.16. The van der Waals surface area contributed by atoms with Gasteiger partial charge in [-0.05, 0) is 38.5 Å². The van der Waals surface area contributed by atoms with Crippen molar-refractivity contribution in [3.05, 3.63) is 39.7 Å². The van der Waals surface area contributed by atoms with Gasteiger partial charge in [-0.15, -0.1) is 0 Å². The fourth-order valence-corrected chi connectivity index (χ4v) is 1.27. The van der Waals surface area contributed by atoms with Gasteiger partial charge < -0.3 is 4.74 Å². The van der Waals surface area contributed by atoms with Gasteiger partial charge in [0.1, 0.15) is 11.4 Å². The highest BCUT2D eigenvalue weighted by molar-refractivity contribution is 5.83. The van der Waals surface area contributed by atoms with Crippen LogP contribution in [0.25, 0.3) is 6.08 Å². The zero-order valence-corrected chi connectivity index (χ0v) is 11.8. The molecule has 1 N–H and O–H groups in total. The number of amides is 1. The molecule has 0 fully saturated rings. The molecule has 20 heavy (non-hydrogen) atoms. The molecule has 0 spiro atoms. The standard InChI is InChI=1S/C13H17N3O4/c1-9(16(18)19)7-10-5-6-11(14-8-10)15-12(17)20-13(2,3)4/h5-8H,1-4H3,(H,14,15,17). The molecule has 0 aromatic carbocycles. The number of pyridine rings is 1. The molecule has 0 aliphatic rings. The molecule has 7 heteroatoms. The van der Waals surface area contributed by atoms with E-state index < -0.39 is 16.6 Å². The first-order valence-electron chi connectivity index (χ1n) is 5.96. The number of hydrogen-bond donors (Lipinski definition) is 1. The Morgan fingerprint density at radius 2 is 2.10 bits per heavy atom. The second-order valence-corrected chi connectivity index (χ2v) is 5.15. The van der Waals surface area contributed by atoms with Gasteiger partial charge in [0.25, 0.3) is 0 Å². The van der Waals surface area contributed by atoms with Crippen molar-refractivity contribution in [1.82, 2.24) is 4.98 Å². The maximum absolute atomic E-state index is 11.5. The van der Waals surface area contributed by atoms with Gasteiger partial charge in [-0.25, -0.2) is 9.78 Å². The van der Waals surface area contributed by atoms with Gasteiger partial charge in [0.15, 0.2) is 0 Å². The molecule has 0 unspecified atom stereocenters. The summed E-state index contributed by atoms with van der Waals surface area (Å²) >= 11 is 0. The van der Waals surface area contributed by atoms with Crippen LogP contribution in [0.5, 0.6) is 0 Å².